The van der Waals surface area contributed by atoms with Crippen LogP contribution in [0.25, 0.3) is 5.69 Å². The van der Waals surface area contributed by atoms with E-state index in [0.29, 0.717) is 5.69 Å². The Morgan fingerprint density at radius 2 is 2.19 bits per heavy atom. The highest BCUT2D eigenvalue weighted by atomic mass is 16.2. The van der Waals surface area contributed by atoms with Gasteiger partial charge in [0.05, 0.1) is 5.69 Å². The monoisotopic (exact) mass is 217 g/mol. The molecule has 1 aromatic carbocycles. The lowest BCUT2D eigenvalue weighted by molar-refractivity contribution is 0.748. The molecule has 2 rings (SSSR count). The summed E-state index contributed by atoms with van der Waals surface area (Å²) in [6.45, 7) is 2.03. The van der Waals surface area contributed by atoms with Crippen LogP contribution in [-0.2, 0) is 6.42 Å². The molecule has 0 radical (unpaired) electrons. The van der Waals surface area contributed by atoms with E-state index in [1.54, 1.807) is 6.07 Å². The molecule has 82 valence electrons. The smallest absolute Gasteiger partial charge is 0.271 e. The fourth-order valence-corrected chi connectivity index (χ4v) is 1.45. The van der Waals surface area contributed by atoms with E-state index in [1.807, 2.05) is 25.1 Å². The average molecular weight is 217 g/mol. The van der Waals surface area contributed by atoms with Gasteiger partial charge in [0.15, 0.2) is 0 Å². The second-order valence-electron chi connectivity index (χ2n) is 3.37. The molecular weight excluding hydrogens is 206 g/mol. The molecule has 1 heterocycles. The summed E-state index contributed by atoms with van der Waals surface area (Å²) in [6, 6.07) is 7.46. The van der Waals surface area contributed by atoms with Gasteiger partial charge in [0, 0.05) is 0 Å². The molecule has 0 saturated heterocycles. The van der Waals surface area contributed by atoms with Crippen LogP contribution in [0.3, 0.4) is 0 Å². The lowest BCUT2D eigenvalue weighted by Crippen LogP contribution is -2.30. The third-order valence-electron chi connectivity index (χ3n) is 2.28. The summed E-state index contributed by atoms with van der Waals surface area (Å²) in [5.41, 5.74) is 0.742. The van der Waals surface area contributed by atoms with Gasteiger partial charge in [0.25, 0.3) is 5.56 Å². The second kappa shape index (κ2) is 4.14. The summed E-state index contributed by atoms with van der Waals surface area (Å²) in [4.78, 5) is 24.5. The minimum Gasteiger partial charge on any atom is -0.271 e. The Labute approximate surface area is 91.4 Å². The largest absolute Gasteiger partial charge is 0.349 e. The van der Waals surface area contributed by atoms with E-state index in [2.05, 4.69) is 10.1 Å². The second-order valence-corrected chi connectivity index (χ2v) is 3.37. The van der Waals surface area contributed by atoms with Crippen molar-refractivity contribution in [3.63, 3.8) is 0 Å². The minimum absolute atomic E-state index is 0.493. The van der Waals surface area contributed by atoms with Gasteiger partial charge >= 0.3 is 5.69 Å². The topological polar surface area (TPSA) is 67.8 Å². The highest BCUT2D eigenvalue weighted by Crippen LogP contribution is 2.07. The number of hydrogen-bond donors (Lipinski definition) is 1. The number of hydrogen-bond acceptors (Lipinski definition) is 3. The Hall–Kier alpha value is -2.17. The van der Waals surface area contributed by atoms with E-state index in [1.165, 1.54) is 4.68 Å². The van der Waals surface area contributed by atoms with Crippen LogP contribution in [-0.4, -0.2) is 14.8 Å². The van der Waals surface area contributed by atoms with Crippen LogP contribution in [0.2, 0.25) is 0 Å². The summed E-state index contributed by atoms with van der Waals surface area (Å²) in [5, 5.41) is 3.78. The van der Waals surface area contributed by atoms with Gasteiger partial charge in [-0.15, -0.1) is 0 Å². The molecule has 5 heteroatoms. The first-order valence-corrected chi connectivity index (χ1v) is 4.98. The minimum atomic E-state index is -0.527. The number of aromatic amines is 1. The molecule has 1 aromatic heterocycles. The molecule has 0 saturated carbocycles. The number of aromatic nitrogens is 3. The van der Waals surface area contributed by atoms with E-state index in [-0.39, 0.29) is 0 Å². The number of nitrogens with zero attached hydrogens (tertiary/aromatic N) is 2. The van der Waals surface area contributed by atoms with Crippen LogP contribution in [0.15, 0.2) is 40.1 Å². The fraction of sp³-hybridized carbons (Fsp3) is 0.182. The molecule has 0 aliphatic heterocycles. The third-order valence-corrected chi connectivity index (χ3v) is 2.28. The van der Waals surface area contributed by atoms with Crippen molar-refractivity contribution in [3.8, 4) is 5.69 Å². The van der Waals surface area contributed by atoms with Crippen molar-refractivity contribution in [1.29, 1.82) is 0 Å². The maximum absolute atomic E-state index is 11.5. The summed E-state index contributed by atoms with van der Waals surface area (Å²) < 4.78 is 1.17. The quantitative estimate of drug-likeness (QED) is 0.795. The Morgan fingerprint density at radius 3 is 2.88 bits per heavy atom. The van der Waals surface area contributed by atoms with E-state index in [9.17, 15) is 9.59 Å². The average Bonchev–Trinajstić information content (AvgIpc) is 2.29. The summed E-state index contributed by atoms with van der Waals surface area (Å²) in [7, 11) is 0. The zero-order valence-electron chi connectivity index (χ0n) is 8.80. The van der Waals surface area contributed by atoms with Crippen molar-refractivity contribution < 1.29 is 0 Å². The zero-order chi connectivity index (χ0) is 11.5. The molecule has 0 atom stereocenters. The highest BCUT2D eigenvalue weighted by Gasteiger charge is 2.01. The molecule has 0 aliphatic rings. The Balaban J connectivity index is 2.58. The van der Waals surface area contributed by atoms with Gasteiger partial charge < -0.3 is 0 Å². The molecule has 0 amide bonds. The third kappa shape index (κ3) is 1.93. The Bertz CT molecular complexity index is 613. The molecule has 5 nitrogen and oxygen atoms in total. The maximum atomic E-state index is 11.5. The van der Waals surface area contributed by atoms with Crippen LogP contribution in [0.4, 0.5) is 0 Å². The van der Waals surface area contributed by atoms with Crippen molar-refractivity contribution >= 4 is 0 Å². The molecular formula is C11H11N3O2. The number of rotatable bonds is 2. The van der Waals surface area contributed by atoms with Crippen LogP contribution in [0.5, 0.6) is 0 Å². The molecule has 0 aliphatic carbocycles. The lowest BCUT2D eigenvalue weighted by Gasteiger charge is -2.04. The van der Waals surface area contributed by atoms with Crippen LogP contribution in [0, 0.1) is 0 Å². The number of H-pyrrole nitrogens is 1. The van der Waals surface area contributed by atoms with E-state index in [0.717, 1.165) is 18.2 Å². The van der Waals surface area contributed by atoms with E-state index >= 15 is 0 Å². The van der Waals surface area contributed by atoms with Crippen molar-refractivity contribution in [2.45, 2.75) is 13.3 Å². The van der Waals surface area contributed by atoms with Crippen molar-refractivity contribution in [2.24, 2.45) is 0 Å². The normalized spacial score (nSPS) is 10.3. The number of nitrogens with one attached hydrogen (secondary N) is 1. The molecule has 0 fully saturated rings. The predicted octanol–water partition coefficient (Wildman–Crippen LogP) is 0.483. The molecule has 1 N–H and O–H groups in total. The highest BCUT2D eigenvalue weighted by molar-refractivity contribution is 5.34. The molecule has 0 spiro atoms. The SMILES string of the molecule is CCc1cccc(-n2ncc(=O)[nH]c2=O)c1. The van der Waals surface area contributed by atoms with Crippen molar-refractivity contribution in [3.05, 3.63) is 56.9 Å². The lowest BCUT2D eigenvalue weighted by atomic mass is 10.1. The Kier molecular flexibility index (Phi) is 2.68. The van der Waals surface area contributed by atoms with Gasteiger partial charge in [-0.3, -0.25) is 9.78 Å². The standard InChI is InChI=1S/C11H11N3O2/c1-2-8-4-3-5-9(6-8)14-11(16)13-10(15)7-12-14/h3-7H,2H2,1H3,(H,13,15,16). The van der Waals surface area contributed by atoms with Crippen LogP contribution < -0.4 is 11.2 Å². The van der Waals surface area contributed by atoms with Gasteiger partial charge in [-0.05, 0) is 24.1 Å². The first kappa shape index (κ1) is 10.4. The first-order valence-electron chi connectivity index (χ1n) is 4.98. The molecule has 16 heavy (non-hydrogen) atoms. The van der Waals surface area contributed by atoms with Gasteiger partial charge in [-0.25, -0.2) is 4.79 Å². The predicted molar refractivity (Wildman–Crippen MR) is 59.8 cm³/mol. The first-order chi connectivity index (χ1) is 7.70. The molecule has 2 aromatic rings. The summed E-state index contributed by atoms with van der Waals surface area (Å²) >= 11 is 0. The van der Waals surface area contributed by atoms with E-state index < -0.39 is 11.2 Å². The fourth-order valence-electron chi connectivity index (χ4n) is 1.45. The van der Waals surface area contributed by atoms with Gasteiger partial charge in [-0.2, -0.15) is 9.78 Å². The summed E-state index contributed by atoms with van der Waals surface area (Å²) in [6.07, 6.45) is 1.96. The Morgan fingerprint density at radius 1 is 1.38 bits per heavy atom. The number of aryl methyl sites for hydroxylation is 1. The number of benzene rings is 1. The zero-order valence-corrected chi connectivity index (χ0v) is 8.80. The summed E-state index contributed by atoms with van der Waals surface area (Å²) in [5.74, 6) is 0. The van der Waals surface area contributed by atoms with Gasteiger partial charge in [0.1, 0.15) is 6.20 Å². The van der Waals surface area contributed by atoms with Gasteiger partial charge in [-0.1, -0.05) is 19.1 Å². The molecule has 0 bridgehead atoms. The van der Waals surface area contributed by atoms with Crippen LogP contribution in [0.1, 0.15) is 12.5 Å². The van der Waals surface area contributed by atoms with Crippen LogP contribution >= 0.6 is 0 Å². The van der Waals surface area contributed by atoms with Gasteiger partial charge in [0.2, 0.25) is 0 Å². The van der Waals surface area contributed by atoms with E-state index in [4.69, 9.17) is 0 Å². The van der Waals surface area contributed by atoms with Crippen molar-refractivity contribution in [1.82, 2.24) is 14.8 Å². The molecule has 0 unspecified atom stereocenters. The van der Waals surface area contributed by atoms with Crippen molar-refractivity contribution in [2.75, 3.05) is 0 Å². The maximum Gasteiger partial charge on any atom is 0.349 e.